The fourth-order valence-corrected chi connectivity index (χ4v) is 3.77. The maximum absolute atomic E-state index is 12.4. The lowest BCUT2D eigenvalue weighted by atomic mass is 10.0. The van der Waals surface area contributed by atoms with Crippen molar-refractivity contribution in [1.82, 2.24) is 29.6 Å². The number of carbonyl (C=O) groups is 1. The van der Waals surface area contributed by atoms with Crippen molar-refractivity contribution in [1.29, 1.82) is 0 Å². The molecule has 4 aromatic rings. The largest absolute Gasteiger partial charge is 0.489 e. The van der Waals surface area contributed by atoms with Crippen LogP contribution in [0.3, 0.4) is 0 Å². The van der Waals surface area contributed by atoms with Gasteiger partial charge in [0, 0.05) is 25.2 Å². The van der Waals surface area contributed by atoms with Crippen molar-refractivity contribution >= 4 is 6.29 Å². The second-order valence-electron chi connectivity index (χ2n) is 7.94. The number of tetrazole rings is 1. The van der Waals surface area contributed by atoms with E-state index in [4.69, 9.17) is 15.9 Å². The molecule has 178 valence electrons. The number of hydrogen-bond acceptors (Lipinski definition) is 7. The molecule has 0 radical (unpaired) electrons. The third-order valence-electron chi connectivity index (χ3n) is 5.60. The Hall–Kier alpha value is -4.65. The Morgan fingerprint density at radius 3 is 2.51 bits per heavy atom. The fraction of sp³-hybridized carbons (Fsp3) is 0.240. The minimum absolute atomic E-state index is 0.0349. The second kappa shape index (κ2) is 9.69. The third-order valence-corrected chi connectivity index (χ3v) is 5.60. The predicted octanol–water partition coefficient (Wildman–Crippen LogP) is 2.39. The monoisotopic (exact) mass is 472 g/mol. The lowest BCUT2D eigenvalue weighted by Crippen LogP contribution is -2.23. The Balaban J connectivity index is 1.62. The summed E-state index contributed by atoms with van der Waals surface area (Å²) in [5.74, 6) is 3.36. The highest BCUT2D eigenvalue weighted by Crippen LogP contribution is 2.32. The minimum atomic E-state index is -0.343. The molecule has 0 bridgehead atoms. The SMILES string of the molecule is C#CCOc1c(C=O)c(-c2ccc(OCc3c(C)cccc3-n3nnn(C)c3=O)c(C)c2)nn1C. The van der Waals surface area contributed by atoms with Gasteiger partial charge in [0.05, 0.1) is 5.69 Å². The number of terminal acetylenes is 1. The number of carbonyl (C=O) groups excluding carboxylic acids is 1. The van der Waals surface area contributed by atoms with Gasteiger partial charge in [0.15, 0.2) is 12.9 Å². The number of ether oxygens (including phenoxy) is 2. The van der Waals surface area contributed by atoms with Gasteiger partial charge >= 0.3 is 5.69 Å². The van der Waals surface area contributed by atoms with Crippen LogP contribution >= 0.6 is 0 Å². The standard InChI is InChI=1S/C25H24N6O4/c1-6-12-34-24-19(14-32)23(26-29(24)4)18-10-11-22(17(3)13-18)35-15-20-16(2)8-7-9-21(20)31-25(33)30(5)27-28-31/h1,7-11,13-14H,12,15H2,2-5H3. The summed E-state index contributed by atoms with van der Waals surface area (Å²) in [6.07, 6.45) is 5.98. The summed E-state index contributed by atoms with van der Waals surface area (Å²) in [6.45, 7) is 4.11. The van der Waals surface area contributed by atoms with Crippen LogP contribution in [-0.2, 0) is 20.7 Å². The number of aryl methyl sites for hydroxylation is 4. The smallest absolute Gasteiger partial charge is 0.368 e. The molecule has 0 unspecified atom stereocenters. The average Bonchev–Trinajstić information content (AvgIpc) is 3.35. The molecule has 0 saturated heterocycles. The molecular formula is C25H24N6O4. The van der Waals surface area contributed by atoms with E-state index >= 15 is 0 Å². The molecule has 4 rings (SSSR count). The highest BCUT2D eigenvalue weighted by molar-refractivity contribution is 5.89. The van der Waals surface area contributed by atoms with Crippen LogP contribution in [0.5, 0.6) is 11.6 Å². The van der Waals surface area contributed by atoms with E-state index in [1.54, 1.807) is 20.2 Å². The van der Waals surface area contributed by atoms with Crippen LogP contribution in [0, 0.1) is 26.2 Å². The number of aldehydes is 1. The van der Waals surface area contributed by atoms with Crippen molar-refractivity contribution in [2.75, 3.05) is 6.61 Å². The second-order valence-corrected chi connectivity index (χ2v) is 7.94. The van der Waals surface area contributed by atoms with Gasteiger partial charge in [-0.15, -0.1) is 6.42 Å². The zero-order chi connectivity index (χ0) is 25.1. The van der Waals surface area contributed by atoms with E-state index in [-0.39, 0.29) is 18.9 Å². The van der Waals surface area contributed by atoms with Gasteiger partial charge in [-0.2, -0.15) is 14.5 Å². The molecular weight excluding hydrogens is 448 g/mol. The summed E-state index contributed by atoms with van der Waals surface area (Å²) < 4.78 is 15.5. The zero-order valence-electron chi connectivity index (χ0n) is 19.8. The molecule has 0 saturated carbocycles. The Bertz CT molecular complexity index is 1510. The van der Waals surface area contributed by atoms with Crippen molar-refractivity contribution in [2.45, 2.75) is 20.5 Å². The molecule has 0 atom stereocenters. The number of rotatable bonds is 8. The van der Waals surface area contributed by atoms with Crippen LogP contribution in [-0.4, -0.2) is 42.5 Å². The van der Waals surface area contributed by atoms with E-state index in [1.165, 1.54) is 14.0 Å². The highest BCUT2D eigenvalue weighted by Gasteiger charge is 2.19. The van der Waals surface area contributed by atoms with Crippen LogP contribution < -0.4 is 15.2 Å². The number of nitrogens with zero attached hydrogens (tertiary/aromatic N) is 6. The first kappa shape index (κ1) is 23.5. The molecule has 10 nitrogen and oxygen atoms in total. The topological polar surface area (TPSA) is 106 Å². The molecule has 10 heteroatoms. The molecule has 2 aromatic carbocycles. The molecule has 35 heavy (non-hydrogen) atoms. The first-order valence-electron chi connectivity index (χ1n) is 10.8. The number of benzene rings is 2. The number of hydrogen-bond donors (Lipinski definition) is 0. The van der Waals surface area contributed by atoms with E-state index in [2.05, 4.69) is 21.4 Å². The van der Waals surface area contributed by atoms with Gasteiger partial charge in [0.25, 0.3) is 0 Å². The zero-order valence-corrected chi connectivity index (χ0v) is 19.8. The van der Waals surface area contributed by atoms with Gasteiger partial charge in [0.1, 0.15) is 23.6 Å². The van der Waals surface area contributed by atoms with Crippen LogP contribution in [0.4, 0.5) is 0 Å². The summed E-state index contributed by atoms with van der Waals surface area (Å²) in [6, 6.07) is 11.1. The lowest BCUT2D eigenvalue weighted by molar-refractivity contribution is 0.112. The van der Waals surface area contributed by atoms with E-state index in [1.807, 2.05) is 44.2 Å². The summed E-state index contributed by atoms with van der Waals surface area (Å²) in [5, 5.41) is 12.2. The Morgan fingerprint density at radius 1 is 1.06 bits per heavy atom. The summed E-state index contributed by atoms with van der Waals surface area (Å²) in [5.41, 5.74) is 4.46. The molecule has 0 aliphatic heterocycles. The van der Waals surface area contributed by atoms with Crippen LogP contribution in [0.25, 0.3) is 16.9 Å². The van der Waals surface area contributed by atoms with Gasteiger partial charge in [-0.25, -0.2) is 9.48 Å². The quantitative estimate of drug-likeness (QED) is 0.286. The van der Waals surface area contributed by atoms with Gasteiger partial charge < -0.3 is 9.47 Å². The molecule has 0 N–H and O–H groups in total. The van der Waals surface area contributed by atoms with Crippen molar-refractivity contribution in [3.63, 3.8) is 0 Å². The van der Waals surface area contributed by atoms with Gasteiger partial charge in [-0.1, -0.05) is 18.1 Å². The van der Waals surface area contributed by atoms with Gasteiger partial charge in [-0.05, 0) is 59.7 Å². The first-order chi connectivity index (χ1) is 16.8. The Labute approximate surface area is 201 Å². The van der Waals surface area contributed by atoms with Crippen molar-refractivity contribution < 1.29 is 14.3 Å². The Morgan fingerprint density at radius 2 is 1.86 bits per heavy atom. The van der Waals surface area contributed by atoms with Crippen molar-refractivity contribution in [2.24, 2.45) is 14.1 Å². The van der Waals surface area contributed by atoms with Crippen molar-refractivity contribution in [3.05, 3.63) is 69.1 Å². The number of aromatic nitrogens is 6. The van der Waals surface area contributed by atoms with Gasteiger partial charge in [0.2, 0.25) is 5.88 Å². The fourth-order valence-electron chi connectivity index (χ4n) is 3.77. The van der Waals surface area contributed by atoms with Crippen LogP contribution in [0.15, 0.2) is 41.2 Å². The molecule has 0 spiro atoms. The maximum atomic E-state index is 12.4. The van der Waals surface area contributed by atoms with Gasteiger partial charge in [-0.3, -0.25) is 4.79 Å². The third kappa shape index (κ3) is 4.44. The minimum Gasteiger partial charge on any atom is -0.489 e. The maximum Gasteiger partial charge on any atom is 0.368 e. The predicted molar refractivity (Wildman–Crippen MR) is 129 cm³/mol. The summed E-state index contributed by atoms with van der Waals surface area (Å²) in [7, 11) is 3.24. The molecule has 0 aliphatic rings. The molecule has 0 fully saturated rings. The molecule has 2 aromatic heterocycles. The van der Waals surface area contributed by atoms with E-state index < -0.39 is 0 Å². The molecule has 2 heterocycles. The highest BCUT2D eigenvalue weighted by atomic mass is 16.5. The van der Waals surface area contributed by atoms with E-state index in [0.717, 1.165) is 22.3 Å². The van der Waals surface area contributed by atoms with E-state index in [0.29, 0.717) is 34.9 Å². The normalized spacial score (nSPS) is 10.7. The average molecular weight is 473 g/mol. The van der Waals surface area contributed by atoms with Crippen LogP contribution in [0.1, 0.15) is 27.0 Å². The van der Waals surface area contributed by atoms with E-state index in [9.17, 15) is 9.59 Å². The van der Waals surface area contributed by atoms with Crippen molar-refractivity contribution in [3.8, 4) is 40.9 Å². The molecule has 0 amide bonds. The first-order valence-corrected chi connectivity index (χ1v) is 10.8. The Kier molecular flexibility index (Phi) is 6.51. The molecule has 0 aliphatic carbocycles. The van der Waals surface area contributed by atoms with Crippen LogP contribution in [0.2, 0.25) is 0 Å². The summed E-state index contributed by atoms with van der Waals surface area (Å²) in [4.78, 5) is 24.1. The lowest BCUT2D eigenvalue weighted by Gasteiger charge is -2.14. The summed E-state index contributed by atoms with van der Waals surface area (Å²) >= 11 is 0.